The first-order chi connectivity index (χ1) is 11.7. The van der Waals surface area contributed by atoms with E-state index < -0.39 is 35.8 Å². The quantitative estimate of drug-likeness (QED) is 0.830. The van der Waals surface area contributed by atoms with Gasteiger partial charge in [-0.15, -0.1) is 0 Å². The van der Waals surface area contributed by atoms with Crippen LogP contribution < -0.4 is 15.1 Å². The Bertz CT molecular complexity index is 698. The summed E-state index contributed by atoms with van der Waals surface area (Å²) in [6.07, 6.45) is -1.25. The van der Waals surface area contributed by atoms with Gasteiger partial charge in [0.05, 0.1) is 24.0 Å². The molecule has 8 heteroatoms. The lowest BCUT2D eigenvalue weighted by Gasteiger charge is -2.33. The molecule has 0 unspecified atom stereocenters. The van der Waals surface area contributed by atoms with Crippen molar-refractivity contribution >= 4 is 24.4 Å². The van der Waals surface area contributed by atoms with E-state index in [0.29, 0.717) is 5.46 Å². The van der Waals surface area contributed by atoms with Gasteiger partial charge >= 0.3 is 13.2 Å². The highest BCUT2D eigenvalue weighted by atomic mass is 19.1. The molecular weight excluding hydrogens is 340 g/mol. The highest BCUT2D eigenvalue weighted by Gasteiger charge is 2.52. The van der Waals surface area contributed by atoms with E-state index in [1.807, 2.05) is 27.7 Å². The third-order valence-corrected chi connectivity index (χ3v) is 4.91. The minimum Gasteiger partial charge on any atom is -0.497 e. The molecule has 1 aromatic rings. The summed E-state index contributed by atoms with van der Waals surface area (Å²) in [4.78, 5) is 12.7. The molecular formula is C18H27BFNO5. The average Bonchev–Trinajstić information content (AvgIpc) is 2.67. The molecule has 1 saturated heterocycles. The molecule has 1 aromatic carbocycles. The van der Waals surface area contributed by atoms with Gasteiger partial charge in [0, 0.05) is 17.1 Å². The second-order valence-corrected chi connectivity index (χ2v) is 8.42. The molecule has 6 nitrogen and oxygen atoms in total. The number of carboxylic acid groups (broad SMARTS) is 1. The van der Waals surface area contributed by atoms with Gasteiger partial charge in [-0.05, 0) is 54.5 Å². The fourth-order valence-corrected chi connectivity index (χ4v) is 2.81. The van der Waals surface area contributed by atoms with E-state index in [0.717, 1.165) is 11.0 Å². The number of ether oxygens (including phenoxy) is 1. The number of carbonyl (C=O) groups is 1. The van der Waals surface area contributed by atoms with Crippen LogP contribution in [-0.4, -0.2) is 42.2 Å². The second-order valence-electron chi connectivity index (χ2n) is 8.42. The van der Waals surface area contributed by atoms with Crippen LogP contribution in [0.15, 0.2) is 12.1 Å². The number of rotatable bonds is 3. The summed E-state index contributed by atoms with van der Waals surface area (Å²) in [7, 11) is 0.618. The van der Waals surface area contributed by atoms with Gasteiger partial charge in [-0.1, -0.05) is 0 Å². The molecule has 0 saturated carbocycles. The van der Waals surface area contributed by atoms with Crippen molar-refractivity contribution in [3.05, 3.63) is 17.9 Å². The Kier molecular flexibility index (Phi) is 5.07. The lowest BCUT2D eigenvalue weighted by molar-refractivity contribution is 0.00578. The van der Waals surface area contributed by atoms with Gasteiger partial charge in [-0.3, -0.25) is 4.90 Å². The number of nitrogens with zero attached hydrogens (tertiary/aromatic N) is 1. The summed E-state index contributed by atoms with van der Waals surface area (Å²) < 4.78 is 32.0. The highest BCUT2D eigenvalue weighted by molar-refractivity contribution is 6.63. The number of hydrogen-bond acceptors (Lipinski definition) is 4. The van der Waals surface area contributed by atoms with Crippen molar-refractivity contribution < 1.29 is 28.3 Å². The van der Waals surface area contributed by atoms with Crippen LogP contribution in [0.25, 0.3) is 0 Å². The van der Waals surface area contributed by atoms with Crippen LogP contribution in [0.5, 0.6) is 5.75 Å². The lowest BCUT2D eigenvalue weighted by Crippen LogP contribution is -2.46. The summed E-state index contributed by atoms with van der Waals surface area (Å²) in [5.74, 6) is -0.455. The van der Waals surface area contributed by atoms with E-state index in [4.69, 9.17) is 14.0 Å². The van der Waals surface area contributed by atoms with Crippen LogP contribution in [0.3, 0.4) is 0 Å². The Morgan fingerprint density at radius 1 is 1.19 bits per heavy atom. The first-order valence-corrected chi connectivity index (χ1v) is 8.47. The third-order valence-electron chi connectivity index (χ3n) is 4.91. The molecule has 1 N–H and O–H groups in total. The van der Waals surface area contributed by atoms with E-state index in [1.54, 1.807) is 20.8 Å². The van der Waals surface area contributed by atoms with Crippen LogP contribution in [0.4, 0.5) is 14.9 Å². The molecule has 0 spiro atoms. The topological polar surface area (TPSA) is 68.2 Å². The standard InChI is InChI=1S/C18H27BFNO5/c1-16(2,3)21(15(22)23)13-9-11(14(24-8)10-12(13)20)19-25-17(4,5)18(6,7)26-19/h9-10H,1-8H3,(H,22,23). The first-order valence-electron chi connectivity index (χ1n) is 8.47. The van der Waals surface area contributed by atoms with E-state index in [1.165, 1.54) is 13.2 Å². The molecule has 0 bridgehead atoms. The van der Waals surface area contributed by atoms with Crippen molar-refractivity contribution in [1.82, 2.24) is 0 Å². The fraction of sp³-hybridized carbons (Fsp3) is 0.611. The van der Waals surface area contributed by atoms with Gasteiger partial charge in [0.15, 0.2) is 5.82 Å². The molecule has 1 fully saturated rings. The fourth-order valence-electron chi connectivity index (χ4n) is 2.81. The minimum atomic E-state index is -1.25. The summed E-state index contributed by atoms with van der Waals surface area (Å²) in [6, 6.07) is 2.59. The zero-order chi connectivity index (χ0) is 20.1. The molecule has 26 heavy (non-hydrogen) atoms. The largest absolute Gasteiger partial charge is 0.498 e. The van der Waals surface area contributed by atoms with Crippen LogP contribution in [0, 0.1) is 5.82 Å². The van der Waals surface area contributed by atoms with E-state index in [2.05, 4.69) is 0 Å². The van der Waals surface area contributed by atoms with Crippen molar-refractivity contribution in [3.8, 4) is 5.75 Å². The maximum absolute atomic E-state index is 14.7. The molecule has 0 radical (unpaired) electrons. The van der Waals surface area contributed by atoms with Crippen molar-refractivity contribution in [2.45, 2.75) is 65.2 Å². The molecule has 0 atom stereocenters. The summed E-state index contributed by atoms with van der Waals surface area (Å²) in [5, 5.41) is 9.60. The second kappa shape index (κ2) is 6.42. The van der Waals surface area contributed by atoms with E-state index in [-0.39, 0.29) is 11.4 Å². The summed E-state index contributed by atoms with van der Waals surface area (Å²) in [6.45, 7) is 12.7. The van der Waals surface area contributed by atoms with Gasteiger partial charge in [-0.25, -0.2) is 9.18 Å². The molecule has 1 aliphatic rings. The van der Waals surface area contributed by atoms with Crippen LogP contribution >= 0.6 is 0 Å². The number of anilines is 1. The zero-order valence-corrected chi connectivity index (χ0v) is 16.6. The first kappa shape index (κ1) is 20.5. The highest BCUT2D eigenvalue weighted by Crippen LogP contribution is 2.38. The average molecular weight is 367 g/mol. The number of halogens is 1. The number of methoxy groups -OCH3 is 1. The molecule has 1 aliphatic heterocycles. The summed E-state index contributed by atoms with van der Waals surface area (Å²) in [5.41, 5.74) is -1.65. The van der Waals surface area contributed by atoms with E-state index >= 15 is 0 Å². The zero-order valence-electron chi connectivity index (χ0n) is 16.6. The van der Waals surface area contributed by atoms with Gasteiger partial charge in [-0.2, -0.15) is 0 Å². The molecule has 1 heterocycles. The van der Waals surface area contributed by atoms with Crippen molar-refractivity contribution in [1.29, 1.82) is 0 Å². The third kappa shape index (κ3) is 3.53. The number of amides is 1. The smallest absolute Gasteiger partial charge is 0.497 e. The van der Waals surface area contributed by atoms with Gasteiger partial charge in [0.1, 0.15) is 5.75 Å². The molecule has 0 aliphatic carbocycles. The maximum atomic E-state index is 14.7. The molecule has 2 rings (SSSR count). The molecule has 0 aromatic heterocycles. The van der Waals surface area contributed by atoms with Crippen molar-refractivity contribution in [2.24, 2.45) is 0 Å². The lowest BCUT2D eigenvalue weighted by atomic mass is 9.77. The van der Waals surface area contributed by atoms with Gasteiger partial charge < -0.3 is 19.2 Å². The predicted molar refractivity (Wildman–Crippen MR) is 98.9 cm³/mol. The number of benzene rings is 1. The van der Waals surface area contributed by atoms with Crippen LogP contribution in [-0.2, 0) is 9.31 Å². The predicted octanol–water partition coefficient (Wildman–Crippen LogP) is 3.42. The van der Waals surface area contributed by atoms with Gasteiger partial charge in [0.2, 0.25) is 0 Å². The Balaban J connectivity index is 2.60. The monoisotopic (exact) mass is 367 g/mol. The minimum absolute atomic E-state index is 0.0736. The SMILES string of the molecule is COc1cc(F)c(N(C(=O)O)C(C)(C)C)cc1B1OC(C)(C)C(C)(C)O1. The molecule has 144 valence electrons. The Labute approximate surface area is 154 Å². The van der Waals surface area contributed by atoms with Crippen molar-refractivity contribution in [3.63, 3.8) is 0 Å². The Morgan fingerprint density at radius 3 is 2.08 bits per heavy atom. The summed E-state index contributed by atoms with van der Waals surface area (Å²) >= 11 is 0. The molecule has 1 amide bonds. The Morgan fingerprint density at radius 2 is 1.69 bits per heavy atom. The normalized spacial score (nSPS) is 18.7. The van der Waals surface area contributed by atoms with Gasteiger partial charge in [0.25, 0.3) is 0 Å². The Hall–Kier alpha value is -1.80. The van der Waals surface area contributed by atoms with Crippen LogP contribution in [0.1, 0.15) is 48.5 Å². The van der Waals surface area contributed by atoms with E-state index in [9.17, 15) is 14.3 Å². The number of hydrogen-bond donors (Lipinski definition) is 1. The maximum Gasteiger partial charge on any atom is 0.498 e. The van der Waals surface area contributed by atoms with Crippen molar-refractivity contribution in [2.75, 3.05) is 12.0 Å². The van der Waals surface area contributed by atoms with Crippen LogP contribution in [0.2, 0.25) is 0 Å².